The van der Waals surface area contributed by atoms with E-state index >= 15 is 0 Å². The number of likely N-dealkylation sites (tertiary alicyclic amines) is 1. The number of para-hydroxylation sites is 1. The predicted octanol–water partition coefficient (Wildman–Crippen LogP) is 6.95. The van der Waals surface area contributed by atoms with Gasteiger partial charge in [-0.3, -0.25) is 19.3 Å². The lowest BCUT2D eigenvalue weighted by molar-refractivity contribution is -0.146. The van der Waals surface area contributed by atoms with Crippen LogP contribution in [0.25, 0.3) is 0 Å². The van der Waals surface area contributed by atoms with Crippen LogP contribution in [0.1, 0.15) is 52.8 Å². The minimum atomic E-state index is -1.31. The molecular weight excluding hydrogens is 591 g/mol. The molecule has 3 amide bonds. The van der Waals surface area contributed by atoms with Gasteiger partial charge < -0.3 is 5.32 Å². The molecular formula is C37H32Cl2N2O3. The number of benzene rings is 4. The molecule has 1 saturated heterocycles. The topological polar surface area (TPSA) is 66.5 Å². The van der Waals surface area contributed by atoms with E-state index in [1.54, 1.807) is 0 Å². The number of halogens is 2. The molecule has 1 fully saturated rings. The molecule has 44 heavy (non-hydrogen) atoms. The second-order valence-corrected chi connectivity index (χ2v) is 13.1. The summed E-state index contributed by atoms with van der Waals surface area (Å²) < 4.78 is 0. The van der Waals surface area contributed by atoms with Gasteiger partial charge in [-0.25, -0.2) is 0 Å². The van der Waals surface area contributed by atoms with Gasteiger partial charge in [-0.15, -0.1) is 23.2 Å². The lowest BCUT2D eigenvalue weighted by Gasteiger charge is -2.54. The van der Waals surface area contributed by atoms with Crippen molar-refractivity contribution in [3.8, 4) is 0 Å². The van der Waals surface area contributed by atoms with Gasteiger partial charge in [0.1, 0.15) is 15.8 Å². The summed E-state index contributed by atoms with van der Waals surface area (Å²) in [5, 5.41) is 3.14. The molecule has 1 N–H and O–H groups in total. The first kappa shape index (κ1) is 28.8. The maximum Gasteiger partial charge on any atom is 0.248 e. The zero-order valence-electron chi connectivity index (χ0n) is 24.5. The van der Waals surface area contributed by atoms with Crippen molar-refractivity contribution in [3.63, 3.8) is 0 Å². The van der Waals surface area contributed by atoms with Crippen LogP contribution in [0, 0.1) is 11.8 Å². The first-order chi connectivity index (χ1) is 21.3. The number of anilines is 1. The van der Waals surface area contributed by atoms with E-state index in [9.17, 15) is 14.4 Å². The Bertz CT molecular complexity index is 1680. The van der Waals surface area contributed by atoms with Crippen LogP contribution < -0.4 is 5.32 Å². The van der Waals surface area contributed by atoms with Gasteiger partial charge >= 0.3 is 0 Å². The summed E-state index contributed by atoms with van der Waals surface area (Å²) in [6, 6.07) is 29.4. The standard InChI is InChI=1S/C37H32Cl2N2O3/c1-3-23-15-12-16-24(4-2)32(23)40-33(42)29(21-22-13-6-5-7-14-22)41-34(43)30-31(35(41)44)37(39)26-18-9-8-17-25(26)36(30,38)27-19-10-11-20-28(27)37/h5-20,29-31H,3-4,21H2,1-2H3,(H,40,42)/t29-,30-,31+,36?,37?/m0/s1. The van der Waals surface area contributed by atoms with Crippen molar-refractivity contribution >= 4 is 46.6 Å². The first-order valence-corrected chi connectivity index (χ1v) is 15.9. The number of hydrogen-bond donors (Lipinski definition) is 1. The van der Waals surface area contributed by atoms with Gasteiger partial charge in [0.2, 0.25) is 17.7 Å². The van der Waals surface area contributed by atoms with E-state index in [-0.39, 0.29) is 6.42 Å². The third-order valence-corrected chi connectivity index (χ3v) is 11.0. The monoisotopic (exact) mass is 622 g/mol. The van der Waals surface area contributed by atoms with Gasteiger partial charge in [-0.1, -0.05) is 111 Å². The van der Waals surface area contributed by atoms with Gasteiger partial charge in [0.05, 0.1) is 11.8 Å². The predicted molar refractivity (Wildman–Crippen MR) is 173 cm³/mol. The number of alkyl halides is 2. The first-order valence-electron chi connectivity index (χ1n) is 15.2. The van der Waals surface area contributed by atoms with Gasteiger partial charge in [0.25, 0.3) is 0 Å². The molecule has 5 nitrogen and oxygen atoms in total. The van der Waals surface area contributed by atoms with Crippen LogP contribution in [-0.4, -0.2) is 28.7 Å². The highest BCUT2D eigenvalue weighted by molar-refractivity contribution is 6.36. The Morgan fingerprint density at radius 2 is 1.14 bits per heavy atom. The number of amides is 3. The van der Waals surface area contributed by atoms with Crippen molar-refractivity contribution in [1.29, 1.82) is 0 Å². The van der Waals surface area contributed by atoms with Crippen molar-refractivity contribution in [2.45, 2.75) is 48.9 Å². The summed E-state index contributed by atoms with van der Waals surface area (Å²) in [5.74, 6) is -3.31. The lowest BCUT2D eigenvalue weighted by Crippen LogP contribution is -2.57. The Balaban J connectivity index is 1.37. The van der Waals surface area contributed by atoms with E-state index in [4.69, 9.17) is 23.2 Å². The third kappa shape index (κ3) is 3.88. The van der Waals surface area contributed by atoms with Gasteiger partial charge in [-0.05, 0) is 51.8 Å². The maximum atomic E-state index is 14.7. The second kappa shape index (κ2) is 10.6. The molecule has 2 bridgehead atoms. The number of aryl methyl sites for hydroxylation is 2. The number of nitrogens with zero attached hydrogens (tertiary/aromatic N) is 1. The van der Waals surface area contributed by atoms with Crippen molar-refractivity contribution < 1.29 is 14.4 Å². The third-order valence-electron chi connectivity index (χ3n) is 9.75. The van der Waals surface area contributed by atoms with Crippen molar-refractivity contribution in [1.82, 2.24) is 4.90 Å². The summed E-state index contributed by atoms with van der Waals surface area (Å²) in [7, 11) is 0. The Kier molecular flexibility index (Phi) is 6.95. The molecule has 222 valence electrons. The molecule has 0 saturated carbocycles. The fourth-order valence-electron chi connectivity index (χ4n) is 7.74. The number of nitrogens with one attached hydrogen (secondary N) is 1. The largest absolute Gasteiger partial charge is 0.324 e. The quantitative estimate of drug-likeness (QED) is 0.179. The molecule has 0 unspecified atom stereocenters. The normalized spacial score (nSPS) is 25.3. The summed E-state index contributed by atoms with van der Waals surface area (Å²) in [5.41, 5.74) is 6.47. The molecule has 7 heteroatoms. The molecule has 0 spiro atoms. The van der Waals surface area contributed by atoms with E-state index in [0.29, 0.717) is 0 Å². The van der Waals surface area contributed by atoms with Crippen molar-refractivity contribution in [2.75, 3.05) is 5.32 Å². The Hall–Kier alpha value is -3.93. The molecule has 3 aliphatic carbocycles. The summed E-state index contributed by atoms with van der Waals surface area (Å²) in [6.07, 6.45) is 1.60. The van der Waals surface area contributed by atoms with E-state index in [1.165, 1.54) is 4.90 Å². The number of hydrogen-bond acceptors (Lipinski definition) is 3. The fraction of sp³-hybridized carbons (Fsp3) is 0.270. The number of carbonyl (C=O) groups is 3. The highest BCUT2D eigenvalue weighted by Crippen LogP contribution is 2.69. The molecule has 8 rings (SSSR count). The molecule has 4 aromatic rings. The van der Waals surface area contributed by atoms with Crippen LogP contribution in [0.2, 0.25) is 0 Å². The SMILES string of the molecule is CCc1cccc(CC)c1NC(=O)[C@H](Cc1ccccc1)N1C(=O)[C@@H]2[C@H](C1=O)C1(Cl)c3ccccc3C2(Cl)c2ccccc21. The van der Waals surface area contributed by atoms with Gasteiger partial charge in [-0.2, -0.15) is 0 Å². The number of imide groups is 1. The van der Waals surface area contributed by atoms with Crippen molar-refractivity contribution in [3.05, 3.63) is 136 Å². The van der Waals surface area contributed by atoms with Crippen LogP contribution in [0.5, 0.6) is 0 Å². The minimum Gasteiger partial charge on any atom is -0.324 e. The van der Waals surface area contributed by atoms with E-state index in [1.807, 2.05) is 111 Å². The number of rotatable bonds is 7. The smallest absolute Gasteiger partial charge is 0.248 e. The molecule has 1 aliphatic heterocycles. The molecule has 4 aliphatic rings. The van der Waals surface area contributed by atoms with Crippen molar-refractivity contribution in [2.24, 2.45) is 11.8 Å². The highest BCUT2D eigenvalue weighted by atomic mass is 35.5. The van der Waals surface area contributed by atoms with Crippen LogP contribution >= 0.6 is 23.2 Å². The maximum absolute atomic E-state index is 14.7. The van der Waals surface area contributed by atoms with Crippen LogP contribution in [0.4, 0.5) is 5.69 Å². The van der Waals surface area contributed by atoms with E-state index in [2.05, 4.69) is 5.32 Å². The Labute approximate surface area is 267 Å². The number of carbonyl (C=O) groups excluding carboxylic acids is 3. The van der Waals surface area contributed by atoms with Crippen LogP contribution in [0.15, 0.2) is 97.1 Å². The molecule has 3 atom stereocenters. The molecule has 0 aromatic heterocycles. The fourth-order valence-corrected chi connectivity index (χ4v) is 8.84. The van der Waals surface area contributed by atoms with E-state index < -0.39 is 45.3 Å². The van der Waals surface area contributed by atoms with Gasteiger partial charge in [0, 0.05) is 12.1 Å². The van der Waals surface area contributed by atoms with Gasteiger partial charge in [0.15, 0.2) is 0 Å². The molecule has 4 aromatic carbocycles. The van der Waals surface area contributed by atoms with E-state index in [0.717, 1.165) is 57.5 Å². The summed E-state index contributed by atoms with van der Waals surface area (Å²) in [6.45, 7) is 4.07. The summed E-state index contributed by atoms with van der Waals surface area (Å²) in [4.78, 5) is 42.4. The minimum absolute atomic E-state index is 0.157. The lowest BCUT2D eigenvalue weighted by atomic mass is 9.54. The average molecular weight is 624 g/mol. The zero-order valence-corrected chi connectivity index (χ0v) is 26.0. The average Bonchev–Trinajstić information content (AvgIpc) is 3.33. The molecule has 0 radical (unpaired) electrons. The Morgan fingerprint density at radius 1 is 0.705 bits per heavy atom. The molecule has 1 heterocycles. The zero-order chi connectivity index (χ0) is 30.8. The van der Waals surface area contributed by atoms with Crippen LogP contribution in [-0.2, 0) is 43.4 Å². The summed E-state index contributed by atoms with van der Waals surface area (Å²) >= 11 is 15.3. The Morgan fingerprint density at radius 3 is 1.57 bits per heavy atom. The second-order valence-electron chi connectivity index (χ2n) is 11.9. The highest BCUT2D eigenvalue weighted by Gasteiger charge is 2.73. The van der Waals surface area contributed by atoms with Crippen LogP contribution in [0.3, 0.4) is 0 Å².